The van der Waals surface area contributed by atoms with Crippen molar-refractivity contribution in [1.29, 1.82) is 0 Å². The molecule has 1 rings (SSSR count). The van der Waals surface area contributed by atoms with E-state index in [9.17, 15) is 10.2 Å². The third kappa shape index (κ3) is 2.70. The maximum absolute atomic E-state index is 9.75. The Morgan fingerprint density at radius 1 is 1.50 bits per heavy atom. The predicted octanol–water partition coefficient (Wildman–Crippen LogP) is 1.80. The molecular weight excluding hydrogens is 246 g/mol. The zero-order chi connectivity index (χ0) is 10.6. The van der Waals surface area contributed by atoms with Crippen LogP contribution in [0.3, 0.4) is 0 Å². The number of aromatic hydroxyl groups is 1. The fourth-order valence-corrected chi connectivity index (χ4v) is 1.71. The monoisotopic (exact) mass is 259 g/mol. The molecule has 0 aliphatic rings. The minimum Gasteiger partial charge on any atom is -0.507 e. The van der Waals surface area contributed by atoms with Crippen LogP contribution in [0.5, 0.6) is 5.75 Å². The highest BCUT2D eigenvalue weighted by molar-refractivity contribution is 9.10. The van der Waals surface area contributed by atoms with Crippen LogP contribution >= 0.6 is 15.9 Å². The number of benzene rings is 1. The van der Waals surface area contributed by atoms with E-state index in [2.05, 4.69) is 21.2 Å². The molecule has 78 valence electrons. The topological polar surface area (TPSA) is 52.5 Å². The zero-order valence-corrected chi connectivity index (χ0v) is 9.58. The number of aliphatic hydroxyl groups is 1. The van der Waals surface area contributed by atoms with Gasteiger partial charge in [0.2, 0.25) is 0 Å². The summed E-state index contributed by atoms with van der Waals surface area (Å²) in [6.07, 6.45) is -0.601. The highest BCUT2D eigenvalue weighted by atomic mass is 79.9. The molecule has 0 spiro atoms. The molecule has 0 aliphatic carbocycles. The smallest absolute Gasteiger partial charge is 0.130 e. The van der Waals surface area contributed by atoms with E-state index >= 15 is 0 Å². The number of aliphatic hydroxyl groups excluding tert-OH is 1. The molecule has 4 heteroatoms. The second-order valence-corrected chi connectivity index (χ2v) is 3.80. The Bertz CT molecular complexity index is 304. The molecule has 0 aromatic heterocycles. The van der Waals surface area contributed by atoms with Crippen LogP contribution in [0.2, 0.25) is 0 Å². The molecule has 0 amide bonds. The van der Waals surface area contributed by atoms with Crippen LogP contribution in [0, 0.1) is 0 Å². The Kier molecular flexibility index (Phi) is 4.38. The van der Waals surface area contributed by atoms with Crippen LogP contribution < -0.4 is 5.32 Å². The summed E-state index contributed by atoms with van der Waals surface area (Å²) in [5.74, 6) is 0.151. The standard InChI is InChI=1S/C10H14BrNO2/c1-2-12-6-9(14)7-4-3-5-8(13)10(7)11/h3-5,9,12-14H,2,6H2,1H3. The van der Waals surface area contributed by atoms with Gasteiger partial charge in [-0.25, -0.2) is 0 Å². The Balaban J connectivity index is 2.79. The summed E-state index contributed by atoms with van der Waals surface area (Å²) in [4.78, 5) is 0. The Labute approximate surface area is 91.9 Å². The number of rotatable bonds is 4. The summed E-state index contributed by atoms with van der Waals surface area (Å²) < 4.78 is 0.561. The number of phenols is 1. The lowest BCUT2D eigenvalue weighted by atomic mass is 10.1. The van der Waals surface area contributed by atoms with E-state index in [1.807, 2.05) is 6.92 Å². The summed E-state index contributed by atoms with van der Waals surface area (Å²) in [6.45, 7) is 3.27. The van der Waals surface area contributed by atoms with Gasteiger partial charge in [0.25, 0.3) is 0 Å². The van der Waals surface area contributed by atoms with E-state index in [0.717, 1.165) is 6.54 Å². The lowest BCUT2D eigenvalue weighted by molar-refractivity contribution is 0.174. The molecule has 3 nitrogen and oxygen atoms in total. The van der Waals surface area contributed by atoms with E-state index in [0.29, 0.717) is 16.6 Å². The Morgan fingerprint density at radius 2 is 2.21 bits per heavy atom. The van der Waals surface area contributed by atoms with Crippen molar-refractivity contribution in [3.8, 4) is 5.75 Å². The van der Waals surface area contributed by atoms with Crippen molar-refractivity contribution in [2.24, 2.45) is 0 Å². The summed E-state index contributed by atoms with van der Waals surface area (Å²) >= 11 is 3.23. The third-order valence-electron chi connectivity index (χ3n) is 1.95. The molecule has 0 bridgehead atoms. The fraction of sp³-hybridized carbons (Fsp3) is 0.400. The van der Waals surface area contributed by atoms with Crippen molar-refractivity contribution in [1.82, 2.24) is 5.32 Å². The van der Waals surface area contributed by atoms with Crippen LogP contribution in [0.1, 0.15) is 18.6 Å². The van der Waals surface area contributed by atoms with Crippen molar-refractivity contribution in [3.05, 3.63) is 28.2 Å². The molecule has 0 saturated heterocycles. The third-order valence-corrected chi connectivity index (χ3v) is 2.82. The number of halogens is 1. The minimum absolute atomic E-state index is 0.151. The van der Waals surface area contributed by atoms with Gasteiger partial charge in [0.1, 0.15) is 5.75 Å². The Hall–Kier alpha value is -0.580. The number of likely N-dealkylation sites (N-methyl/N-ethyl adjacent to an activating group) is 1. The largest absolute Gasteiger partial charge is 0.507 e. The Morgan fingerprint density at radius 3 is 2.86 bits per heavy atom. The number of nitrogens with one attached hydrogen (secondary N) is 1. The molecule has 0 heterocycles. The maximum Gasteiger partial charge on any atom is 0.130 e. The minimum atomic E-state index is -0.601. The molecule has 1 unspecified atom stereocenters. The van der Waals surface area contributed by atoms with Crippen molar-refractivity contribution in [2.75, 3.05) is 13.1 Å². The van der Waals surface area contributed by atoms with Gasteiger partial charge in [-0.15, -0.1) is 0 Å². The molecule has 0 aliphatic heterocycles. The zero-order valence-electron chi connectivity index (χ0n) is 8.00. The first-order chi connectivity index (χ1) is 6.66. The van der Waals surface area contributed by atoms with Gasteiger partial charge < -0.3 is 15.5 Å². The van der Waals surface area contributed by atoms with E-state index in [1.165, 1.54) is 0 Å². The molecule has 0 radical (unpaired) electrons. The van der Waals surface area contributed by atoms with Gasteiger partial charge in [-0.1, -0.05) is 19.1 Å². The average molecular weight is 260 g/mol. The average Bonchev–Trinajstić information content (AvgIpc) is 2.18. The number of hydrogen-bond acceptors (Lipinski definition) is 3. The second kappa shape index (κ2) is 5.34. The lowest BCUT2D eigenvalue weighted by Crippen LogP contribution is -2.21. The molecule has 0 saturated carbocycles. The van der Waals surface area contributed by atoms with E-state index in [4.69, 9.17) is 0 Å². The van der Waals surface area contributed by atoms with Gasteiger partial charge in [0.05, 0.1) is 10.6 Å². The SMILES string of the molecule is CCNCC(O)c1cccc(O)c1Br. The van der Waals surface area contributed by atoms with Crippen molar-refractivity contribution >= 4 is 15.9 Å². The van der Waals surface area contributed by atoms with Gasteiger partial charge in [0.15, 0.2) is 0 Å². The summed E-state index contributed by atoms with van der Waals surface area (Å²) in [5, 5.41) is 22.2. The van der Waals surface area contributed by atoms with Gasteiger partial charge in [0, 0.05) is 6.54 Å². The molecule has 1 atom stereocenters. The van der Waals surface area contributed by atoms with Gasteiger partial charge in [-0.3, -0.25) is 0 Å². The van der Waals surface area contributed by atoms with Crippen molar-refractivity contribution in [3.63, 3.8) is 0 Å². The second-order valence-electron chi connectivity index (χ2n) is 3.00. The normalized spacial score (nSPS) is 12.8. The molecule has 3 N–H and O–H groups in total. The van der Waals surface area contributed by atoms with Gasteiger partial charge >= 0.3 is 0 Å². The van der Waals surface area contributed by atoms with Crippen LogP contribution in [0.15, 0.2) is 22.7 Å². The van der Waals surface area contributed by atoms with Crippen LogP contribution in [0.4, 0.5) is 0 Å². The highest BCUT2D eigenvalue weighted by Gasteiger charge is 2.12. The highest BCUT2D eigenvalue weighted by Crippen LogP contribution is 2.30. The molecule has 1 aromatic carbocycles. The molecule has 0 fully saturated rings. The first-order valence-corrected chi connectivity index (χ1v) is 5.32. The summed E-state index contributed by atoms with van der Waals surface area (Å²) in [7, 11) is 0. The van der Waals surface area contributed by atoms with E-state index < -0.39 is 6.10 Å². The first kappa shape index (κ1) is 11.5. The predicted molar refractivity (Wildman–Crippen MR) is 59.3 cm³/mol. The van der Waals surface area contributed by atoms with Crippen molar-refractivity contribution < 1.29 is 10.2 Å². The summed E-state index contributed by atoms with van der Waals surface area (Å²) in [6, 6.07) is 5.07. The first-order valence-electron chi connectivity index (χ1n) is 4.53. The number of hydrogen-bond donors (Lipinski definition) is 3. The fourth-order valence-electron chi connectivity index (χ4n) is 1.19. The van der Waals surface area contributed by atoms with E-state index in [-0.39, 0.29) is 5.75 Å². The van der Waals surface area contributed by atoms with Crippen LogP contribution in [-0.4, -0.2) is 23.3 Å². The van der Waals surface area contributed by atoms with Crippen LogP contribution in [0.25, 0.3) is 0 Å². The maximum atomic E-state index is 9.75. The molecule has 1 aromatic rings. The van der Waals surface area contributed by atoms with E-state index in [1.54, 1.807) is 18.2 Å². The number of phenolic OH excluding ortho intramolecular Hbond substituents is 1. The lowest BCUT2D eigenvalue weighted by Gasteiger charge is -2.13. The molecular formula is C10H14BrNO2. The van der Waals surface area contributed by atoms with Gasteiger partial charge in [-0.05, 0) is 34.1 Å². The van der Waals surface area contributed by atoms with Crippen LogP contribution in [-0.2, 0) is 0 Å². The molecule has 14 heavy (non-hydrogen) atoms. The summed E-state index contributed by atoms with van der Waals surface area (Å²) in [5.41, 5.74) is 0.700. The van der Waals surface area contributed by atoms with Gasteiger partial charge in [-0.2, -0.15) is 0 Å². The van der Waals surface area contributed by atoms with Crippen molar-refractivity contribution in [2.45, 2.75) is 13.0 Å². The quantitative estimate of drug-likeness (QED) is 0.773.